The summed E-state index contributed by atoms with van der Waals surface area (Å²) < 4.78 is 1.87. The van der Waals surface area contributed by atoms with Gasteiger partial charge in [-0.3, -0.25) is 4.68 Å². The van der Waals surface area contributed by atoms with Crippen molar-refractivity contribution >= 4 is 0 Å². The van der Waals surface area contributed by atoms with Gasteiger partial charge in [0.15, 0.2) is 0 Å². The van der Waals surface area contributed by atoms with Gasteiger partial charge in [-0.2, -0.15) is 5.10 Å². The van der Waals surface area contributed by atoms with Gasteiger partial charge in [0.25, 0.3) is 0 Å². The first kappa shape index (κ1) is 12.2. The van der Waals surface area contributed by atoms with Crippen LogP contribution in [-0.4, -0.2) is 9.78 Å². The van der Waals surface area contributed by atoms with E-state index in [4.69, 9.17) is 0 Å². The highest BCUT2D eigenvalue weighted by Gasteiger charge is 1.91. The Bertz CT molecular complexity index is 204. The molecule has 0 aliphatic rings. The molecule has 1 aromatic heterocycles. The van der Waals surface area contributed by atoms with Crippen LogP contribution in [0.4, 0.5) is 0 Å². The van der Waals surface area contributed by atoms with Gasteiger partial charge < -0.3 is 0 Å². The van der Waals surface area contributed by atoms with Crippen molar-refractivity contribution in [2.45, 2.75) is 47.0 Å². The van der Waals surface area contributed by atoms with Crippen LogP contribution in [0.25, 0.3) is 0 Å². The van der Waals surface area contributed by atoms with Crippen LogP contribution in [0.5, 0.6) is 0 Å². The molecule has 0 bridgehead atoms. The summed E-state index contributed by atoms with van der Waals surface area (Å²) >= 11 is 0. The van der Waals surface area contributed by atoms with Crippen LogP contribution >= 0.6 is 0 Å². The Morgan fingerprint density at radius 1 is 1.23 bits per heavy atom. The summed E-state index contributed by atoms with van der Waals surface area (Å²) in [6, 6.07) is 2.06. The van der Waals surface area contributed by atoms with Crippen LogP contribution in [0.1, 0.15) is 44.5 Å². The number of unbranched alkanes of at least 4 members (excludes halogenated alkanes) is 2. The average molecular weight is 182 g/mol. The molecule has 2 heteroatoms. The highest BCUT2D eigenvalue weighted by atomic mass is 15.3. The van der Waals surface area contributed by atoms with E-state index in [-0.39, 0.29) is 0 Å². The van der Waals surface area contributed by atoms with Gasteiger partial charge >= 0.3 is 0 Å². The van der Waals surface area contributed by atoms with Gasteiger partial charge in [0, 0.05) is 12.7 Å². The number of rotatable bonds is 2. The minimum absolute atomic E-state index is 1.09. The van der Waals surface area contributed by atoms with Crippen LogP contribution in [0.3, 0.4) is 0 Å². The molecule has 0 aliphatic heterocycles. The molecule has 0 N–H and O–H groups in total. The summed E-state index contributed by atoms with van der Waals surface area (Å²) in [7, 11) is 1.95. The molecular weight excluding hydrogens is 160 g/mol. The topological polar surface area (TPSA) is 17.8 Å². The fourth-order valence-corrected chi connectivity index (χ4v) is 1.09. The van der Waals surface area contributed by atoms with Gasteiger partial charge in [0.1, 0.15) is 0 Å². The number of aromatic nitrogens is 2. The number of aryl methyl sites for hydroxylation is 3. The van der Waals surface area contributed by atoms with E-state index >= 15 is 0 Å². The zero-order valence-electron chi connectivity index (χ0n) is 9.59. The van der Waals surface area contributed by atoms with Crippen molar-refractivity contribution in [3.8, 4) is 0 Å². The van der Waals surface area contributed by atoms with Crippen molar-refractivity contribution < 1.29 is 0 Å². The number of hydrogen-bond acceptors (Lipinski definition) is 1. The Hall–Kier alpha value is -0.790. The molecule has 13 heavy (non-hydrogen) atoms. The summed E-state index contributed by atoms with van der Waals surface area (Å²) in [6.07, 6.45) is 4.08. The van der Waals surface area contributed by atoms with E-state index in [1.165, 1.54) is 25.0 Å². The zero-order chi connectivity index (χ0) is 10.3. The number of hydrogen-bond donors (Lipinski definition) is 0. The van der Waals surface area contributed by atoms with Crippen LogP contribution in [0, 0.1) is 13.8 Å². The first-order valence-corrected chi connectivity index (χ1v) is 5.09. The van der Waals surface area contributed by atoms with Crippen LogP contribution in [0.15, 0.2) is 6.07 Å². The second kappa shape index (κ2) is 6.70. The first-order chi connectivity index (χ1) is 6.11. The molecule has 0 aromatic carbocycles. The standard InChI is InChI=1S/C6H10N2.C5H12/c1-5-4-6(2)8(3)7-5;1-3-5-4-2/h4H,1-3H3;3-5H2,1-2H3. The Morgan fingerprint density at radius 2 is 1.77 bits per heavy atom. The third-order valence-corrected chi connectivity index (χ3v) is 1.94. The van der Waals surface area contributed by atoms with Gasteiger partial charge in [0.05, 0.1) is 5.69 Å². The molecule has 0 saturated carbocycles. The van der Waals surface area contributed by atoms with Crippen molar-refractivity contribution in [3.05, 3.63) is 17.5 Å². The lowest BCUT2D eigenvalue weighted by Gasteiger charge is -1.87. The van der Waals surface area contributed by atoms with E-state index in [9.17, 15) is 0 Å². The molecule has 0 aliphatic carbocycles. The summed E-state index contributed by atoms with van der Waals surface area (Å²) in [6.45, 7) is 8.46. The first-order valence-electron chi connectivity index (χ1n) is 5.09. The lowest BCUT2D eigenvalue weighted by molar-refractivity contribution is 0.731. The van der Waals surface area contributed by atoms with Crippen molar-refractivity contribution in [2.24, 2.45) is 7.05 Å². The highest BCUT2D eigenvalue weighted by Crippen LogP contribution is 1.97. The van der Waals surface area contributed by atoms with E-state index < -0.39 is 0 Å². The van der Waals surface area contributed by atoms with Crippen molar-refractivity contribution in [3.63, 3.8) is 0 Å². The summed E-state index contributed by atoms with van der Waals surface area (Å²) in [5, 5.41) is 4.13. The van der Waals surface area contributed by atoms with E-state index in [1.54, 1.807) is 0 Å². The van der Waals surface area contributed by atoms with E-state index in [0.29, 0.717) is 0 Å². The summed E-state index contributed by atoms with van der Waals surface area (Å²) in [4.78, 5) is 0. The van der Waals surface area contributed by atoms with E-state index in [2.05, 4.69) is 25.0 Å². The molecule has 76 valence electrons. The fraction of sp³-hybridized carbons (Fsp3) is 0.727. The van der Waals surface area contributed by atoms with E-state index in [0.717, 1.165) is 5.69 Å². The Labute approximate surface area is 82.0 Å². The summed E-state index contributed by atoms with van der Waals surface area (Å²) in [5.74, 6) is 0. The number of nitrogens with zero attached hydrogens (tertiary/aromatic N) is 2. The fourth-order valence-electron chi connectivity index (χ4n) is 1.09. The second-order valence-electron chi connectivity index (χ2n) is 3.40. The Morgan fingerprint density at radius 3 is 1.85 bits per heavy atom. The predicted molar refractivity (Wildman–Crippen MR) is 57.9 cm³/mol. The van der Waals surface area contributed by atoms with Gasteiger partial charge in [-0.1, -0.05) is 33.1 Å². The van der Waals surface area contributed by atoms with Crippen molar-refractivity contribution in [2.75, 3.05) is 0 Å². The maximum Gasteiger partial charge on any atom is 0.0596 e. The molecule has 1 rings (SSSR count). The van der Waals surface area contributed by atoms with Crippen molar-refractivity contribution in [1.29, 1.82) is 0 Å². The zero-order valence-corrected chi connectivity index (χ0v) is 9.59. The lowest BCUT2D eigenvalue weighted by Crippen LogP contribution is -1.91. The predicted octanol–water partition coefficient (Wildman–Crippen LogP) is 3.23. The maximum absolute atomic E-state index is 4.13. The molecule has 1 heterocycles. The normalized spacial score (nSPS) is 9.31. The monoisotopic (exact) mass is 182 g/mol. The van der Waals surface area contributed by atoms with Crippen LogP contribution in [0.2, 0.25) is 0 Å². The van der Waals surface area contributed by atoms with Gasteiger partial charge in [-0.05, 0) is 19.9 Å². The quantitative estimate of drug-likeness (QED) is 0.686. The SMILES string of the molecule is CCCCC.Cc1cc(C)n(C)n1. The van der Waals surface area contributed by atoms with Crippen molar-refractivity contribution in [1.82, 2.24) is 9.78 Å². The lowest BCUT2D eigenvalue weighted by atomic mass is 10.3. The minimum Gasteiger partial charge on any atom is -0.273 e. The second-order valence-corrected chi connectivity index (χ2v) is 3.40. The average Bonchev–Trinajstić information content (AvgIpc) is 2.32. The Kier molecular flexibility index (Phi) is 6.29. The summed E-state index contributed by atoms with van der Waals surface area (Å²) in [5.41, 5.74) is 2.30. The van der Waals surface area contributed by atoms with E-state index in [1.807, 2.05) is 25.6 Å². The molecule has 2 nitrogen and oxygen atoms in total. The molecule has 0 spiro atoms. The molecule has 0 saturated heterocycles. The van der Waals surface area contributed by atoms with Crippen LogP contribution in [-0.2, 0) is 7.05 Å². The van der Waals surface area contributed by atoms with Gasteiger partial charge in [-0.25, -0.2) is 0 Å². The smallest absolute Gasteiger partial charge is 0.0596 e. The molecule has 0 amide bonds. The third-order valence-electron chi connectivity index (χ3n) is 1.94. The molecular formula is C11H22N2. The van der Waals surface area contributed by atoms with Crippen LogP contribution < -0.4 is 0 Å². The maximum atomic E-state index is 4.13. The molecule has 1 aromatic rings. The molecule has 0 radical (unpaired) electrons. The van der Waals surface area contributed by atoms with Gasteiger partial charge in [-0.15, -0.1) is 0 Å². The largest absolute Gasteiger partial charge is 0.273 e. The minimum atomic E-state index is 1.09. The van der Waals surface area contributed by atoms with Gasteiger partial charge in [0.2, 0.25) is 0 Å². The Balaban J connectivity index is 0.000000252. The molecule has 0 fully saturated rings. The highest BCUT2D eigenvalue weighted by molar-refractivity contribution is 5.05. The molecule has 0 atom stereocenters. The third kappa shape index (κ3) is 5.45. The molecule has 0 unspecified atom stereocenters.